The first-order chi connectivity index (χ1) is 11.0. The van der Waals surface area contributed by atoms with Crippen molar-refractivity contribution in [2.75, 3.05) is 5.32 Å². The quantitative estimate of drug-likeness (QED) is 0.734. The molecule has 3 rings (SSSR count). The van der Waals surface area contributed by atoms with Gasteiger partial charge in [0.25, 0.3) is 5.91 Å². The fourth-order valence-electron chi connectivity index (χ4n) is 2.72. The standard InChI is InChI=1S/C18H18BrN3O/c1-4-15-16(18(23)20-14-7-5-6-11(2)8-14)22-10-13(19)9-12(3)17(22)21-15/h5-10H,4H2,1-3H3,(H,20,23). The number of amides is 1. The highest BCUT2D eigenvalue weighted by atomic mass is 79.9. The van der Waals surface area contributed by atoms with E-state index in [9.17, 15) is 4.79 Å². The van der Waals surface area contributed by atoms with Crippen molar-refractivity contribution in [3.05, 3.63) is 63.5 Å². The SMILES string of the molecule is CCc1nc2c(C)cc(Br)cn2c1C(=O)Nc1cccc(C)c1. The molecule has 2 heterocycles. The van der Waals surface area contributed by atoms with E-state index >= 15 is 0 Å². The second-order valence-electron chi connectivity index (χ2n) is 5.62. The van der Waals surface area contributed by atoms with Crippen LogP contribution in [0.5, 0.6) is 0 Å². The highest BCUT2D eigenvalue weighted by Crippen LogP contribution is 2.22. The van der Waals surface area contributed by atoms with E-state index in [1.807, 2.05) is 61.7 Å². The van der Waals surface area contributed by atoms with E-state index in [4.69, 9.17) is 0 Å². The van der Waals surface area contributed by atoms with Crippen LogP contribution in [0.4, 0.5) is 5.69 Å². The van der Waals surface area contributed by atoms with Crippen LogP contribution in [0.3, 0.4) is 0 Å². The summed E-state index contributed by atoms with van der Waals surface area (Å²) in [5.41, 5.74) is 5.14. The Kier molecular flexibility index (Phi) is 4.22. The molecule has 1 aromatic carbocycles. The summed E-state index contributed by atoms with van der Waals surface area (Å²) >= 11 is 3.49. The van der Waals surface area contributed by atoms with Crippen LogP contribution in [-0.4, -0.2) is 15.3 Å². The fraction of sp³-hybridized carbons (Fsp3) is 0.222. The number of imidazole rings is 1. The van der Waals surface area contributed by atoms with Crippen LogP contribution >= 0.6 is 15.9 Å². The van der Waals surface area contributed by atoms with Crippen molar-refractivity contribution in [3.8, 4) is 0 Å². The lowest BCUT2D eigenvalue weighted by molar-refractivity contribution is 0.102. The van der Waals surface area contributed by atoms with E-state index < -0.39 is 0 Å². The Balaban J connectivity index is 2.09. The van der Waals surface area contributed by atoms with Crippen molar-refractivity contribution in [2.24, 2.45) is 0 Å². The van der Waals surface area contributed by atoms with E-state index in [1.54, 1.807) is 0 Å². The summed E-state index contributed by atoms with van der Waals surface area (Å²) < 4.78 is 2.79. The number of hydrogen-bond acceptors (Lipinski definition) is 2. The van der Waals surface area contributed by atoms with Gasteiger partial charge in [0.1, 0.15) is 11.3 Å². The molecule has 1 N–H and O–H groups in total. The van der Waals surface area contributed by atoms with Crippen molar-refractivity contribution in [1.82, 2.24) is 9.38 Å². The fourth-order valence-corrected chi connectivity index (χ4v) is 3.26. The van der Waals surface area contributed by atoms with Gasteiger partial charge >= 0.3 is 0 Å². The van der Waals surface area contributed by atoms with Gasteiger partial charge in [-0.25, -0.2) is 4.98 Å². The van der Waals surface area contributed by atoms with Crippen LogP contribution in [0.25, 0.3) is 5.65 Å². The number of carbonyl (C=O) groups is 1. The average Bonchev–Trinajstić information content (AvgIpc) is 2.86. The number of halogens is 1. The van der Waals surface area contributed by atoms with Gasteiger partial charge in [-0.3, -0.25) is 9.20 Å². The van der Waals surface area contributed by atoms with Crippen molar-refractivity contribution >= 4 is 33.2 Å². The lowest BCUT2D eigenvalue weighted by Gasteiger charge is -2.08. The van der Waals surface area contributed by atoms with E-state index in [0.717, 1.165) is 32.6 Å². The number of carbonyl (C=O) groups excluding carboxylic acids is 1. The molecule has 0 saturated heterocycles. The molecule has 3 aromatic rings. The molecule has 4 nitrogen and oxygen atoms in total. The lowest BCUT2D eigenvalue weighted by atomic mass is 10.2. The molecule has 0 unspecified atom stereocenters. The largest absolute Gasteiger partial charge is 0.321 e. The molecular formula is C18H18BrN3O. The van der Waals surface area contributed by atoms with Gasteiger partial charge in [0.2, 0.25) is 0 Å². The smallest absolute Gasteiger partial charge is 0.274 e. The van der Waals surface area contributed by atoms with E-state index in [-0.39, 0.29) is 5.91 Å². The minimum absolute atomic E-state index is 0.141. The maximum Gasteiger partial charge on any atom is 0.274 e. The maximum atomic E-state index is 12.8. The zero-order valence-corrected chi connectivity index (χ0v) is 14.9. The van der Waals surface area contributed by atoms with Gasteiger partial charge in [0, 0.05) is 16.4 Å². The molecule has 118 valence electrons. The number of anilines is 1. The predicted octanol–water partition coefficient (Wildman–Crippen LogP) is 4.53. The van der Waals surface area contributed by atoms with Crippen LogP contribution < -0.4 is 5.32 Å². The van der Waals surface area contributed by atoms with E-state index in [2.05, 4.69) is 26.2 Å². The van der Waals surface area contributed by atoms with E-state index in [0.29, 0.717) is 12.1 Å². The number of rotatable bonds is 3. The highest BCUT2D eigenvalue weighted by molar-refractivity contribution is 9.10. The first-order valence-corrected chi connectivity index (χ1v) is 8.34. The van der Waals surface area contributed by atoms with Gasteiger partial charge in [-0.2, -0.15) is 0 Å². The summed E-state index contributed by atoms with van der Waals surface area (Å²) in [6.45, 7) is 6.01. The van der Waals surface area contributed by atoms with Crippen molar-refractivity contribution < 1.29 is 4.79 Å². The molecule has 1 amide bonds. The molecule has 0 spiro atoms. The first kappa shape index (κ1) is 15.7. The molecule has 23 heavy (non-hydrogen) atoms. The number of nitrogens with zero attached hydrogens (tertiary/aromatic N) is 2. The summed E-state index contributed by atoms with van der Waals surface area (Å²) in [5.74, 6) is -0.141. The average molecular weight is 372 g/mol. The molecule has 0 radical (unpaired) electrons. The van der Waals surface area contributed by atoms with Crippen molar-refractivity contribution in [1.29, 1.82) is 0 Å². The summed E-state index contributed by atoms with van der Waals surface area (Å²) in [6, 6.07) is 9.78. The monoisotopic (exact) mass is 371 g/mol. The predicted molar refractivity (Wildman–Crippen MR) is 96.1 cm³/mol. The number of fused-ring (bicyclic) bond motifs is 1. The van der Waals surface area contributed by atoms with Crippen LogP contribution in [0.15, 0.2) is 41.0 Å². The van der Waals surface area contributed by atoms with Gasteiger partial charge in [-0.05, 0) is 65.5 Å². The Morgan fingerprint density at radius 2 is 2.09 bits per heavy atom. The molecule has 0 saturated carbocycles. The van der Waals surface area contributed by atoms with Crippen LogP contribution in [0.1, 0.15) is 34.2 Å². The van der Waals surface area contributed by atoms with Gasteiger partial charge in [-0.1, -0.05) is 19.1 Å². The number of hydrogen-bond donors (Lipinski definition) is 1. The molecule has 5 heteroatoms. The summed E-state index contributed by atoms with van der Waals surface area (Å²) in [4.78, 5) is 17.4. The topological polar surface area (TPSA) is 46.4 Å². The molecule has 0 aliphatic carbocycles. The molecule has 0 bridgehead atoms. The number of pyridine rings is 1. The highest BCUT2D eigenvalue weighted by Gasteiger charge is 2.19. The number of aryl methyl sites for hydroxylation is 3. The molecule has 0 atom stereocenters. The van der Waals surface area contributed by atoms with Gasteiger partial charge in [0.15, 0.2) is 0 Å². The van der Waals surface area contributed by atoms with Gasteiger partial charge in [0.05, 0.1) is 5.69 Å². The molecule has 0 aliphatic heterocycles. The van der Waals surface area contributed by atoms with Crippen LogP contribution in [-0.2, 0) is 6.42 Å². The Morgan fingerprint density at radius 1 is 1.30 bits per heavy atom. The maximum absolute atomic E-state index is 12.8. The van der Waals surface area contributed by atoms with E-state index in [1.165, 1.54) is 0 Å². The Morgan fingerprint density at radius 3 is 2.78 bits per heavy atom. The normalized spacial score (nSPS) is 11.0. The Bertz CT molecular complexity index is 899. The minimum Gasteiger partial charge on any atom is -0.321 e. The third-order valence-corrected chi connectivity index (χ3v) is 4.20. The molecule has 0 fully saturated rings. The van der Waals surface area contributed by atoms with Gasteiger partial charge < -0.3 is 5.32 Å². The lowest BCUT2D eigenvalue weighted by Crippen LogP contribution is -2.16. The molecular weight excluding hydrogens is 354 g/mol. The number of aromatic nitrogens is 2. The summed E-state index contributed by atoms with van der Waals surface area (Å²) in [6.07, 6.45) is 2.59. The zero-order valence-electron chi connectivity index (χ0n) is 13.4. The van der Waals surface area contributed by atoms with Crippen molar-refractivity contribution in [2.45, 2.75) is 27.2 Å². The summed E-state index contributed by atoms with van der Waals surface area (Å²) in [5, 5.41) is 2.98. The van der Waals surface area contributed by atoms with Crippen LogP contribution in [0, 0.1) is 13.8 Å². The Hall–Kier alpha value is -2.14. The third-order valence-electron chi connectivity index (χ3n) is 3.77. The molecule has 0 aliphatic rings. The second kappa shape index (κ2) is 6.16. The zero-order chi connectivity index (χ0) is 16.6. The summed E-state index contributed by atoms with van der Waals surface area (Å²) in [7, 11) is 0. The van der Waals surface area contributed by atoms with Crippen LogP contribution in [0.2, 0.25) is 0 Å². The van der Waals surface area contributed by atoms with Crippen molar-refractivity contribution in [3.63, 3.8) is 0 Å². The first-order valence-electron chi connectivity index (χ1n) is 7.54. The third kappa shape index (κ3) is 3.01. The number of nitrogens with one attached hydrogen (secondary N) is 1. The van der Waals surface area contributed by atoms with Gasteiger partial charge in [-0.15, -0.1) is 0 Å². The number of benzene rings is 1. The Labute approximate surface area is 143 Å². The minimum atomic E-state index is -0.141. The molecule has 2 aromatic heterocycles. The second-order valence-corrected chi connectivity index (χ2v) is 6.53.